The molecule has 0 aliphatic carbocycles. The molecule has 0 atom stereocenters. The van der Waals surface area contributed by atoms with Gasteiger partial charge in [-0.15, -0.1) is 0 Å². The fourth-order valence-electron chi connectivity index (χ4n) is 1.66. The minimum absolute atomic E-state index is 0.0466. The highest BCUT2D eigenvalue weighted by Gasteiger charge is 2.06. The fourth-order valence-corrected chi connectivity index (χ4v) is 1.66. The molecule has 0 aromatic heterocycles. The van der Waals surface area contributed by atoms with Gasteiger partial charge in [-0.1, -0.05) is 17.9 Å². The third kappa shape index (κ3) is 3.46. The van der Waals surface area contributed by atoms with Crippen molar-refractivity contribution in [1.82, 2.24) is 4.90 Å². The van der Waals surface area contributed by atoms with Gasteiger partial charge in [0.15, 0.2) is 0 Å². The lowest BCUT2D eigenvalue weighted by atomic mass is 10.1. The molecule has 0 radical (unpaired) electrons. The van der Waals surface area contributed by atoms with Crippen LogP contribution in [0.3, 0.4) is 0 Å². The van der Waals surface area contributed by atoms with E-state index >= 15 is 0 Å². The molecule has 0 spiro atoms. The maximum atomic E-state index is 13.0. The van der Waals surface area contributed by atoms with E-state index in [1.54, 1.807) is 50.5 Å². The SMILES string of the molecule is CN(C)C(=O)c1ccc(C#Cc2cccc(F)c2)cc1. The number of benzene rings is 2. The summed E-state index contributed by atoms with van der Waals surface area (Å²) in [5, 5.41) is 0. The molecule has 2 aromatic rings. The number of rotatable bonds is 1. The standard InChI is InChI=1S/C17H14FNO/c1-19(2)17(20)15-10-8-13(9-11-15)6-7-14-4-3-5-16(18)12-14/h3-5,8-12H,1-2H3. The first-order valence-corrected chi connectivity index (χ1v) is 6.15. The lowest BCUT2D eigenvalue weighted by Crippen LogP contribution is -2.21. The molecule has 2 aromatic carbocycles. The van der Waals surface area contributed by atoms with Gasteiger partial charge in [-0.05, 0) is 42.5 Å². The summed E-state index contributed by atoms with van der Waals surface area (Å²) in [5.74, 6) is 5.48. The second kappa shape index (κ2) is 6.03. The smallest absolute Gasteiger partial charge is 0.253 e. The third-order valence-corrected chi connectivity index (χ3v) is 2.71. The Balaban J connectivity index is 2.18. The Morgan fingerprint density at radius 3 is 2.25 bits per heavy atom. The highest BCUT2D eigenvalue weighted by Crippen LogP contribution is 2.06. The Labute approximate surface area is 117 Å². The summed E-state index contributed by atoms with van der Waals surface area (Å²) in [6, 6.07) is 13.2. The van der Waals surface area contributed by atoms with Gasteiger partial charge in [-0.3, -0.25) is 4.79 Å². The molecule has 2 nitrogen and oxygen atoms in total. The molecule has 0 unspecified atom stereocenters. The van der Waals surface area contributed by atoms with Crippen LogP contribution in [-0.4, -0.2) is 24.9 Å². The zero-order chi connectivity index (χ0) is 14.5. The molecule has 3 heteroatoms. The Morgan fingerprint density at radius 1 is 1.00 bits per heavy atom. The maximum Gasteiger partial charge on any atom is 0.253 e. The molecule has 0 saturated heterocycles. The summed E-state index contributed by atoms with van der Waals surface area (Å²) in [4.78, 5) is 13.2. The molecular weight excluding hydrogens is 253 g/mol. The van der Waals surface area contributed by atoms with Crippen molar-refractivity contribution in [2.24, 2.45) is 0 Å². The normalized spacial score (nSPS) is 9.55. The first kappa shape index (κ1) is 13.8. The lowest BCUT2D eigenvalue weighted by molar-refractivity contribution is 0.0827. The zero-order valence-electron chi connectivity index (χ0n) is 11.4. The van der Waals surface area contributed by atoms with Crippen LogP contribution in [0.5, 0.6) is 0 Å². The summed E-state index contributed by atoms with van der Waals surface area (Å²) < 4.78 is 13.0. The first-order chi connectivity index (χ1) is 9.56. The van der Waals surface area contributed by atoms with E-state index < -0.39 is 0 Å². The van der Waals surface area contributed by atoms with E-state index in [1.165, 1.54) is 17.0 Å². The molecule has 0 N–H and O–H groups in total. The van der Waals surface area contributed by atoms with Crippen molar-refractivity contribution in [1.29, 1.82) is 0 Å². The highest BCUT2D eigenvalue weighted by atomic mass is 19.1. The van der Waals surface area contributed by atoms with E-state index in [1.807, 2.05) is 0 Å². The topological polar surface area (TPSA) is 20.3 Å². The number of hydrogen-bond donors (Lipinski definition) is 0. The molecular formula is C17H14FNO. The summed E-state index contributed by atoms with van der Waals surface area (Å²) in [6.07, 6.45) is 0. The molecule has 0 saturated carbocycles. The van der Waals surface area contributed by atoms with Crippen LogP contribution in [0.2, 0.25) is 0 Å². The van der Waals surface area contributed by atoms with Crippen molar-refractivity contribution in [3.63, 3.8) is 0 Å². The van der Waals surface area contributed by atoms with E-state index in [2.05, 4.69) is 11.8 Å². The summed E-state index contributed by atoms with van der Waals surface area (Å²) in [7, 11) is 3.42. The van der Waals surface area contributed by atoms with Crippen molar-refractivity contribution in [2.45, 2.75) is 0 Å². The largest absolute Gasteiger partial charge is 0.345 e. The average Bonchev–Trinajstić information content (AvgIpc) is 2.45. The van der Waals surface area contributed by atoms with Crippen molar-refractivity contribution in [2.75, 3.05) is 14.1 Å². The minimum Gasteiger partial charge on any atom is -0.345 e. The van der Waals surface area contributed by atoms with E-state index in [4.69, 9.17) is 0 Å². The average molecular weight is 267 g/mol. The number of nitrogens with zero attached hydrogens (tertiary/aromatic N) is 1. The van der Waals surface area contributed by atoms with E-state index in [-0.39, 0.29) is 11.7 Å². The second-order valence-electron chi connectivity index (χ2n) is 4.54. The Morgan fingerprint density at radius 2 is 1.65 bits per heavy atom. The van der Waals surface area contributed by atoms with Crippen molar-refractivity contribution in [3.8, 4) is 11.8 Å². The summed E-state index contributed by atoms with van der Waals surface area (Å²) in [6.45, 7) is 0. The van der Waals surface area contributed by atoms with Gasteiger partial charge < -0.3 is 4.90 Å². The number of carbonyl (C=O) groups is 1. The van der Waals surface area contributed by atoms with Gasteiger partial charge in [0.25, 0.3) is 5.91 Å². The van der Waals surface area contributed by atoms with Crippen LogP contribution in [0, 0.1) is 17.7 Å². The number of amides is 1. The molecule has 0 fully saturated rings. The molecule has 0 bridgehead atoms. The number of hydrogen-bond acceptors (Lipinski definition) is 1. The van der Waals surface area contributed by atoms with Gasteiger partial charge in [-0.25, -0.2) is 4.39 Å². The van der Waals surface area contributed by atoms with Crippen LogP contribution < -0.4 is 0 Å². The number of carbonyl (C=O) groups excluding carboxylic acids is 1. The molecule has 0 aliphatic rings. The molecule has 1 amide bonds. The number of halogens is 1. The van der Waals surface area contributed by atoms with Gasteiger partial charge >= 0.3 is 0 Å². The Bertz CT molecular complexity index is 678. The Kier molecular flexibility index (Phi) is 4.17. The van der Waals surface area contributed by atoms with Gasteiger partial charge in [0.05, 0.1) is 0 Å². The van der Waals surface area contributed by atoms with Crippen molar-refractivity contribution < 1.29 is 9.18 Å². The summed E-state index contributed by atoms with van der Waals surface area (Å²) in [5.41, 5.74) is 2.02. The van der Waals surface area contributed by atoms with Crippen LogP contribution in [0.25, 0.3) is 0 Å². The maximum absolute atomic E-state index is 13.0. The van der Waals surface area contributed by atoms with E-state index in [9.17, 15) is 9.18 Å². The predicted octanol–water partition coefficient (Wildman–Crippen LogP) is 2.93. The quantitative estimate of drug-likeness (QED) is 0.727. The summed E-state index contributed by atoms with van der Waals surface area (Å²) >= 11 is 0. The predicted molar refractivity (Wildman–Crippen MR) is 76.8 cm³/mol. The third-order valence-electron chi connectivity index (χ3n) is 2.71. The van der Waals surface area contributed by atoms with Gasteiger partial charge in [-0.2, -0.15) is 0 Å². The van der Waals surface area contributed by atoms with Crippen LogP contribution in [0.4, 0.5) is 4.39 Å². The van der Waals surface area contributed by atoms with Crippen LogP contribution in [0.1, 0.15) is 21.5 Å². The van der Waals surface area contributed by atoms with Gasteiger partial charge in [0, 0.05) is 30.8 Å². The minimum atomic E-state index is -0.302. The Hall–Kier alpha value is -2.60. The van der Waals surface area contributed by atoms with Crippen molar-refractivity contribution >= 4 is 5.91 Å². The van der Waals surface area contributed by atoms with E-state index in [0.717, 1.165) is 5.56 Å². The van der Waals surface area contributed by atoms with Gasteiger partial charge in [0.2, 0.25) is 0 Å². The second-order valence-corrected chi connectivity index (χ2v) is 4.54. The molecule has 0 aliphatic heterocycles. The van der Waals surface area contributed by atoms with Crippen LogP contribution in [-0.2, 0) is 0 Å². The van der Waals surface area contributed by atoms with Crippen molar-refractivity contribution in [3.05, 3.63) is 71.0 Å². The molecule has 20 heavy (non-hydrogen) atoms. The zero-order valence-corrected chi connectivity index (χ0v) is 11.4. The lowest BCUT2D eigenvalue weighted by Gasteiger charge is -2.09. The molecule has 0 heterocycles. The monoisotopic (exact) mass is 267 g/mol. The van der Waals surface area contributed by atoms with Crippen LogP contribution in [0.15, 0.2) is 48.5 Å². The van der Waals surface area contributed by atoms with Crippen LogP contribution >= 0.6 is 0 Å². The molecule has 100 valence electrons. The van der Waals surface area contributed by atoms with Gasteiger partial charge in [0.1, 0.15) is 5.82 Å². The fraction of sp³-hybridized carbons (Fsp3) is 0.118. The van der Waals surface area contributed by atoms with E-state index in [0.29, 0.717) is 11.1 Å². The first-order valence-electron chi connectivity index (χ1n) is 6.15. The molecule has 2 rings (SSSR count). The highest BCUT2D eigenvalue weighted by molar-refractivity contribution is 5.93.